The van der Waals surface area contributed by atoms with E-state index in [1.54, 1.807) is 6.20 Å². The molecule has 0 aliphatic carbocycles. The van der Waals surface area contributed by atoms with E-state index in [4.69, 9.17) is 0 Å². The highest BCUT2D eigenvalue weighted by atomic mass is 19.3. The smallest absolute Gasteiger partial charge is 0.261 e. The minimum atomic E-state index is -2.59. The Labute approximate surface area is 238 Å². The minimum absolute atomic E-state index is 0.0712. The maximum atomic E-state index is 13.8. The number of benzene rings is 2. The van der Waals surface area contributed by atoms with E-state index in [1.165, 1.54) is 52.9 Å². The van der Waals surface area contributed by atoms with Crippen molar-refractivity contribution in [2.75, 3.05) is 43.0 Å². The standard InChI is InChI=1S/C33H34F2N6/c1-39-28-9-8-22(23-14-21(17-36-18-23)19-40-13-10-33(34,35)20-40)15-25(28)30(31-32(39)38-31)27-16-24-26(37-27)6-5-7-29(24)41-11-3-2-4-12-41/h5-9,14-18,32,37-38H,2-4,10-13,19-20H2,1H3. The minimum Gasteiger partial charge on any atom is -0.371 e. The normalized spacial score (nSPS) is 21.7. The molecule has 8 heteroatoms. The lowest BCUT2D eigenvalue weighted by Gasteiger charge is -2.29. The molecule has 6 nitrogen and oxygen atoms in total. The maximum Gasteiger partial charge on any atom is 0.261 e. The summed E-state index contributed by atoms with van der Waals surface area (Å²) in [5.41, 5.74) is 11.4. The van der Waals surface area contributed by atoms with Crippen LogP contribution in [0.2, 0.25) is 0 Å². The van der Waals surface area contributed by atoms with Gasteiger partial charge in [0, 0.05) is 96.7 Å². The molecule has 4 aliphatic rings. The van der Waals surface area contributed by atoms with Crippen LogP contribution >= 0.6 is 0 Å². The summed E-state index contributed by atoms with van der Waals surface area (Å²) < 4.78 is 27.5. The average Bonchev–Trinajstić information content (AvgIpc) is 3.54. The first-order valence-electron chi connectivity index (χ1n) is 14.7. The number of nitrogens with zero attached hydrogens (tertiary/aromatic N) is 4. The number of aromatic nitrogens is 2. The van der Waals surface area contributed by atoms with Crippen molar-refractivity contribution in [2.24, 2.45) is 0 Å². The Balaban J connectivity index is 1.16. The van der Waals surface area contributed by atoms with E-state index >= 15 is 0 Å². The Morgan fingerprint density at radius 2 is 1.83 bits per heavy atom. The highest BCUT2D eigenvalue weighted by Gasteiger charge is 2.43. The second-order valence-corrected chi connectivity index (χ2v) is 12.0. The van der Waals surface area contributed by atoms with Crippen LogP contribution in [-0.2, 0) is 6.54 Å². The molecule has 2 N–H and O–H groups in total. The first-order chi connectivity index (χ1) is 19.9. The Bertz CT molecular complexity index is 1680. The molecule has 3 fully saturated rings. The molecule has 4 aliphatic heterocycles. The van der Waals surface area contributed by atoms with Crippen molar-refractivity contribution in [3.8, 4) is 11.1 Å². The van der Waals surface area contributed by atoms with E-state index in [-0.39, 0.29) is 19.1 Å². The van der Waals surface area contributed by atoms with E-state index in [0.29, 0.717) is 13.1 Å². The summed E-state index contributed by atoms with van der Waals surface area (Å²) in [6, 6.07) is 17.6. The van der Waals surface area contributed by atoms with Gasteiger partial charge in [0.05, 0.1) is 12.2 Å². The monoisotopic (exact) mass is 552 g/mol. The molecule has 6 heterocycles. The number of nitrogens with one attached hydrogen (secondary N) is 2. The van der Waals surface area contributed by atoms with Crippen LogP contribution in [0.3, 0.4) is 0 Å². The predicted molar refractivity (Wildman–Crippen MR) is 160 cm³/mol. The van der Waals surface area contributed by atoms with Crippen LogP contribution in [0.1, 0.15) is 42.5 Å². The van der Waals surface area contributed by atoms with Crippen LogP contribution < -0.4 is 15.1 Å². The van der Waals surface area contributed by atoms with Gasteiger partial charge in [0.15, 0.2) is 0 Å². The highest BCUT2D eigenvalue weighted by molar-refractivity contribution is 6.01. The third-order valence-electron chi connectivity index (χ3n) is 9.18. The van der Waals surface area contributed by atoms with Gasteiger partial charge in [-0.15, -0.1) is 0 Å². The fraction of sp³-hybridized carbons (Fsp3) is 0.364. The van der Waals surface area contributed by atoms with Crippen LogP contribution in [0.15, 0.2) is 66.6 Å². The average molecular weight is 553 g/mol. The highest BCUT2D eigenvalue weighted by Crippen LogP contribution is 2.47. The molecule has 4 aromatic rings. The van der Waals surface area contributed by atoms with Gasteiger partial charge < -0.3 is 20.1 Å². The Morgan fingerprint density at radius 3 is 2.66 bits per heavy atom. The lowest BCUT2D eigenvalue weighted by molar-refractivity contribution is 0.0115. The molecule has 2 aromatic heterocycles. The molecule has 1 unspecified atom stereocenters. The van der Waals surface area contributed by atoms with E-state index in [1.807, 2.05) is 11.1 Å². The Morgan fingerprint density at radius 1 is 0.951 bits per heavy atom. The number of alkyl halides is 2. The van der Waals surface area contributed by atoms with Gasteiger partial charge in [-0.25, -0.2) is 8.78 Å². The van der Waals surface area contributed by atoms with Gasteiger partial charge >= 0.3 is 0 Å². The molecule has 1 atom stereocenters. The number of H-pyrrole nitrogens is 1. The first kappa shape index (κ1) is 24.9. The van der Waals surface area contributed by atoms with Gasteiger partial charge in [-0.3, -0.25) is 9.88 Å². The molecule has 8 rings (SSSR count). The topological polar surface area (TPSA) is 60.3 Å². The molecule has 0 spiro atoms. The van der Waals surface area contributed by atoms with E-state index in [0.717, 1.165) is 41.0 Å². The Hall–Kier alpha value is -3.91. The quantitative estimate of drug-likeness (QED) is 0.289. The van der Waals surface area contributed by atoms with Crippen molar-refractivity contribution in [1.29, 1.82) is 0 Å². The van der Waals surface area contributed by atoms with Crippen molar-refractivity contribution in [1.82, 2.24) is 20.2 Å². The molecule has 0 bridgehead atoms. The van der Waals surface area contributed by atoms with Crippen molar-refractivity contribution in [3.05, 3.63) is 83.4 Å². The number of rotatable bonds is 5. The number of likely N-dealkylation sites (N-methyl/N-ethyl adjacent to an activating group) is 1. The zero-order valence-electron chi connectivity index (χ0n) is 23.3. The van der Waals surface area contributed by atoms with Crippen molar-refractivity contribution >= 4 is 27.9 Å². The molecule has 2 aromatic carbocycles. The van der Waals surface area contributed by atoms with Gasteiger partial charge in [-0.1, -0.05) is 12.1 Å². The third kappa shape index (κ3) is 4.36. The molecule has 3 saturated heterocycles. The first-order valence-corrected chi connectivity index (χ1v) is 14.7. The van der Waals surface area contributed by atoms with Gasteiger partial charge in [0.1, 0.15) is 6.17 Å². The summed E-state index contributed by atoms with van der Waals surface area (Å²) in [4.78, 5) is 14.9. The number of hydrogen-bond acceptors (Lipinski definition) is 5. The largest absolute Gasteiger partial charge is 0.371 e. The second-order valence-electron chi connectivity index (χ2n) is 12.0. The summed E-state index contributed by atoms with van der Waals surface area (Å²) in [5, 5.41) is 4.88. The number of fused-ring (bicyclic) bond motifs is 3. The lowest BCUT2D eigenvalue weighted by atomic mass is 9.93. The van der Waals surface area contributed by atoms with Crippen LogP contribution in [0.4, 0.5) is 20.2 Å². The SMILES string of the molecule is CN1c2ccc(-c3cncc(CN4CCC(F)(F)C4)c3)cc2C(c2cc3c(N4CCCCC4)cccc3[nH]2)=C2NC21. The van der Waals surface area contributed by atoms with Crippen LogP contribution in [0.25, 0.3) is 27.6 Å². The van der Waals surface area contributed by atoms with Gasteiger partial charge in [0.25, 0.3) is 5.92 Å². The van der Waals surface area contributed by atoms with Crippen molar-refractivity contribution in [3.63, 3.8) is 0 Å². The van der Waals surface area contributed by atoms with Crippen molar-refractivity contribution < 1.29 is 8.78 Å². The molecule has 41 heavy (non-hydrogen) atoms. The number of piperidine rings is 1. The number of likely N-dealkylation sites (tertiary alicyclic amines) is 1. The van der Waals surface area contributed by atoms with E-state index in [9.17, 15) is 8.78 Å². The van der Waals surface area contributed by atoms with Crippen molar-refractivity contribution in [2.45, 2.75) is 44.3 Å². The molecule has 0 amide bonds. The fourth-order valence-electron chi connectivity index (χ4n) is 7.02. The summed E-state index contributed by atoms with van der Waals surface area (Å²) in [7, 11) is 2.13. The molecular weight excluding hydrogens is 518 g/mol. The summed E-state index contributed by atoms with van der Waals surface area (Å²) in [6.07, 6.45) is 7.61. The van der Waals surface area contributed by atoms with Gasteiger partial charge in [-0.05, 0) is 66.8 Å². The number of halogens is 2. The summed E-state index contributed by atoms with van der Waals surface area (Å²) >= 11 is 0. The maximum absolute atomic E-state index is 13.8. The molecular formula is C33H34F2N6. The third-order valence-corrected chi connectivity index (χ3v) is 9.18. The number of hydrogen-bond donors (Lipinski definition) is 2. The second kappa shape index (κ2) is 9.31. The van der Waals surface area contributed by atoms with Crippen LogP contribution in [-0.4, -0.2) is 60.2 Å². The van der Waals surface area contributed by atoms with Gasteiger partial charge in [0.2, 0.25) is 0 Å². The van der Waals surface area contributed by atoms with Crippen LogP contribution in [0.5, 0.6) is 0 Å². The predicted octanol–water partition coefficient (Wildman–Crippen LogP) is 6.20. The zero-order chi connectivity index (χ0) is 27.7. The fourth-order valence-corrected chi connectivity index (χ4v) is 7.02. The molecule has 0 saturated carbocycles. The zero-order valence-corrected chi connectivity index (χ0v) is 23.3. The lowest BCUT2D eigenvalue weighted by Crippen LogP contribution is -2.29. The van der Waals surface area contributed by atoms with E-state index in [2.05, 4.69) is 80.7 Å². The van der Waals surface area contributed by atoms with E-state index < -0.39 is 5.92 Å². The van der Waals surface area contributed by atoms with Crippen LogP contribution in [0, 0.1) is 0 Å². The summed E-state index contributed by atoms with van der Waals surface area (Å²) in [5.74, 6) is -2.59. The Kier molecular flexibility index (Phi) is 5.64. The number of aromatic amines is 1. The number of pyridine rings is 1. The number of anilines is 2. The molecule has 210 valence electrons. The van der Waals surface area contributed by atoms with Gasteiger partial charge in [-0.2, -0.15) is 0 Å². The summed E-state index contributed by atoms with van der Waals surface area (Å²) in [6.45, 7) is 2.94. The molecule has 0 radical (unpaired) electrons.